The summed E-state index contributed by atoms with van der Waals surface area (Å²) < 4.78 is 44.4. The first-order valence-electron chi connectivity index (χ1n) is 5.58. The SMILES string of the molecule is CC1C2CC3(C(F)(F)F)C(=O)OC1C3C2C. The van der Waals surface area contributed by atoms with Crippen molar-refractivity contribution in [3.63, 3.8) is 0 Å². The lowest BCUT2D eigenvalue weighted by Crippen LogP contribution is -2.47. The van der Waals surface area contributed by atoms with Gasteiger partial charge in [-0.05, 0) is 24.2 Å². The van der Waals surface area contributed by atoms with E-state index in [4.69, 9.17) is 4.74 Å². The van der Waals surface area contributed by atoms with E-state index >= 15 is 0 Å². The number of halogens is 3. The number of hydrogen-bond acceptors (Lipinski definition) is 2. The van der Waals surface area contributed by atoms with Crippen LogP contribution < -0.4 is 0 Å². The molecule has 0 radical (unpaired) electrons. The van der Waals surface area contributed by atoms with E-state index < -0.39 is 29.6 Å². The molecule has 6 unspecified atom stereocenters. The fourth-order valence-electron chi connectivity index (χ4n) is 4.27. The van der Waals surface area contributed by atoms with E-state index in [1.54, 1.807) is 0 Å². The van der Waals surface area contributed by atoms with E-state index in [2.05, 4.69) is 0 Å². The molecule has 5 heteroatoms. The van der Waals surface area contributed by atoms with Gasteiger partial charge in [-0.1, -0.05) is 13.8 Å². The predicted molar refractivity (Wildman–Crippen MR) is 48.3 cm³/mol. The zero-order chi connectivity index (χ0) is 11.9. The lowest BCUT2D eigenvalue weighted by atomic mass is 9.70. The van der Waals surface area contributed by atoms with Crippen LogP contribution in [0.3, 0.4) is 0 Å². The van der Waals surface area contributed by atoms with Gasteiger partial charge in [-0.25, -0.2) is 0 Å². The van der Waals surface area contributed by atoms with Crippen LogP contribution >= 0.6 is 0 Å². The minimum Gasteiger partial charge on any atom is -0.461 e. The lowest BCUT2D eigenvalue weighted by molar-refractivity contribution is -0.230. The van der Waals surface area contributed by atoms with E-state index in [1.807, 2.05) is 13.8 Å². The molecule has 1 aliphatic heterocycles. The molecule has 0 amide bonds. The first-order chi connectivity index (χ1) is 7.30. The van der Waals surface area contributed by atoms with Crippen LogP contribution in [0.2, 0.25) is 0 Å². The van der Waals surface area contributed by atoms with Gasteiger partial charge in [-0.2, -0.15) is 13.2 Å². The van der Waals surface area contributed by atoms with Crippen LogP contribution in [-0.4, -0.2) is 18.2 Å². The summed E-state index contributed by atoms with van der Waals surface area (Å²) in [5.74, 6) is -1.70. The highest BCUT2D eigenvalue weighted by Crippen LogP contribution is 2.70. The van der Waals surface area contributed by atoms with E-state index in [0.29, 0.717) is 0 Å². The topological polar surface area (TPSA) is 26.3 Å². The van der Waals surface area contributed by atoms with Gasteiger partial charge in [0.25, 0.3) is 0 Å². The predicted octanol–water partition coefficient (Wildman–Crippen LogP) is 2.38. The van der Waals surface area contributed by atoms with E-state index in [1.165, 1.54) is 0 Å². The summed E-state index contributed by atoms with van der Waals surface area (Å²) in [6.45, 7) is 3.71. The van der Waals surface area contributed by atoms with Crippen molar-refractivity contribution in [1.29, 1.82) is 0 Å². The minimum absolute atomic E-state index is 0.0249. The summed E-state index contributed by atoms with van der Waals surface area (Å²) in [5.41, 5.74) is -2.19. The quantitative estimate of drug-likeness (QED) is 0.601. The number of rotatable bonds is 0. The summed E-state index contributed by atoms with van der Waals surface area (Å²) in [5, 5.41) is 0. The van der Waals surface area contributed by atoms with Gasteiger partial charge in [0.05, 0.1) is 0 Å². The van der Waals surface area contributed by atoms with Crippen LogP contribution in [0.4, 0.5) is 13.2 Å². The third kappa shape index (κ3) is 0.821. The Hall–Kier alpha value is -0.740. The smallest absolute Gasteiger partial charge is 0.405 e. The Bertz CT molecular complexity index is 365. The molecular weight excluding hydrogens is 221 g/mol. The molecule has 3 fully saturated rings. The van der Waals surface area contributed by atoms with Crippen LogP contribution in [-0.2, 0) is 9.53 Å². The highest BCUT2D eigenvalue weighted by molar-refractivity contribution is 5.82. The van der Waals surface area contributed by atoms with Crippen LogP contribution in [0.5, 0.6) is 0 Å². The Kier molecular flexibility index (Phi) is 1.67. The molecule has 2 aliphatic carbocycles. The van der Waals surface area contributed by atoms with E-state index in [0.717, 1.165) is 0 Å². The molecule has 0 N–H and O–H groups in total. The molecule has 6 atom stereocenters. The fourth-order valence-corrected chi connectivity index (χ4v) is 4.27. The number of fused-ring (bicyclic) bond motifs is 1. The summed E-state index contributed by atoms with van der Waals surface area (Å²) in [6.07, 6.45) is -5.05. The van der Waals surface area contributed by atoms with Crippen molar-refractivity contribution in [1.82, 2.24) is 0 Å². The normalized spacial score (nSPS) is 54.6. The van der Waals surface area contributed by atoms with Gasteiger partial charge in [0.2, 0.25) is 0 Å². The summed E-state index contributed by atoms with van der Waals surface area (Å²) in [6, 6.07) is 0. The number of hydrogen-bond donors (Lipinski definition) is 0. The van der Waals surface area contributed by atoms with Crippen molar-refractivity contribution in [2.24, 2.45) is 29.1 Å². The Balaban J connectivity index is 2.14. The second kappa shape index (κ2) is 2.57. The zero-order valence-electron chi connectivity index (χ0n) is 9.04. The molecule has 0 aromatic rings. The molecule has 2 saturated carbocycles. The molecule has 2 nitrogen and oxygen atoms in total. The minimum atomic E-state index is -4.47. The molecule has 1 heterocycles. The van der Waals surface area contributed by atoms with E-state index in [9.17, 15) is 18.0 Å². The average Bonchev–Trinajstić information content (AvgIpc) is 2.66. The number of carbonyl (C=O) groups excluding carboxylic acids is 1. The first-order valence-corrected chi connectivity index (χ1v) is 5.58. The molecule has 2 bridgehead atoms. The van der Waals surface area contributed by atoms with Crippen molar-refractivity contribution in [3.8, 4) is 0 Å². The molecular formula is C11H13F3O2. The van der Waals surface area contributed by atoms with Gasteiger partial charge in [-0.3, -0.25) is 4.79 Å². The van der Waals surface area contributed by atoms with Crippen LogP contribution in [0.25, 0.3) is 0 Å². The third-order valence-corrected chi connectivity index (χ3v) is 5.03. The largest absolute Gasteiger partial charge is 0.461 e. The first kappa shape index (κ1) is 10.4. The maximum atomic E-state index is 13.2. The van der Waals surface area contributed by atoms with Gasteiger partial charge in [0.15, 0.2) is 5.41 Å². The number of ether oxygens (including phenoxy) is 1. The lowest BCUT2D eigenvalue weighted by Gasteiger charge is -2.32. The van der Waals surface area contributed by atoms with Crippen LogP contribution in [0, 0.1) is 29.1 Å². The van der Waals surface area contributed by atoms with Crippen molar-refractivity contribution in [2.75, 3.05) is 0 Å². The highest BCUT2D eigenvalue weighted by Gasteiger charge is 2.81. The second-order valence-corrected chi connectivity index (χ2v) is 5.45. The Labute approximate surface area is 91.1 Å². The molecule has 0 spiro atoms. The van der Waals surface area contributed by atoms with Crippen LogP contribution in [0.15, 0.2) is 0 Å². The molecule has 3 aliphatic rings. The Morgan fingerprint density at radius 2 is 1.94 bits per heavy atom. The maximum Gasteiger partial charge on any atom is 0.405 e. The number of carbonyl (C=O) groups is 1. The standard InChI is InChI=1S/C11H13F3O2/c1-4-6-3-10(11(12,13)14)7(4)8(5(6)2)16-9(10)15/h4-8H,3H2,1-2H3. The summed E-state index contributed by atoms with van der Waals surface area (Å²) in [4.78, 5) is 11.6. The molecule has 3 rings (SSSR count). The molecule has 16 heavy (non-hydrogen) atoms. The molecule has 90 valence electrons. The van der Waals surface area contributed by atoms with Gasteiger partial charge in [-0.15, -0.1) is 0 Å². The molecule has 0 aromatic heterocycles. The van der Waals surface area contributed by atoms with Crippen molar-refractivity contribution in [3.05, 3.63) is 0 Å². The second-order valence-electron chi connectivity index (χ2n) is 5.45. The summed E-state index contributed by atoms with van der Waals surface area (Å²) >= 11 is 0. The van der Waals surface area contributed by atoms with E-state index in [-0.39, 0.29) is 24.2 Å². The zero-order valence-corrected chi connectivity index (χ0v) is 9.04. The summed E-state index contributed by atoms with van der Waals surface area (Å²) in [7, 11) is 0. The van der Waals surface area contributed by atoms with Gasteiger partial charge >= 0.3 is 12.1 Å². The highest BCUT2D eigenvalue weighted by atomic mass is 19.4. The van der Waals surface area contributed by atoms with Crippen molar-refractivity contribution < 1.29 is 22.7 Å². The Morgan fingerprint density at radius 1 is 1.31 bits per heavy atom. The number of esters is 1. The average molecular weight is 234 g/mol. The van der Waals surface area contributed by atoms with Crippen molar-refractivity contribution >= 4 is 5.97 Å². The molecule has 0 aromatic carbocycles. The third-order valence-electron chi connectivity index (χ3n) is 5.03. The van der Waals surface area contributed by atoms with Crippen molar-refractivity contribution in [2.45, 2.75) is 32.5 Å². The van der Waals surface area contributed by atoms with Gasteiger partial charge < -0.3 is 4.74 Å². The number of alkyl halides is 3. The van der Waals surface area contributed by atoms with Gasteiger partial charge in [0, 0.05) is 5.92 Å². The maximum absolute atomic E-state index is 13.2. The fraction of sp³-hybridized carbons (Fsp3) is 0.909. The van der Waals surface area contributed by atoms with Gasteiger partial charge in [0.1, 0.15) is 6.10 Å². The Morgan fingerprint density at radius 3 is 2.44 bits per heavy atom. The molecule has 1 saturated heterocycles. The van der Waals surface area contributed by atoms with Crippen LogP contribution in [0.1, 0.15) is 20.3 Å². The monoisotopic (exact) mass is 234 g/mol.